The molecule has 0 aliphatic rings. The highest BCUT2D eigenvalue weighted by atomic mass is 16.5. The van der Waals surface area contributed by atoms with E-state index in [-0.39, 0.29) is 6.04 Å². The Labute approximate surface area is 105 Å². The molecule has 2 N–H and O–H groups in total. The van der Waals surface area contributed by atoms with E-state index in [0.717, 1.165) is 6.42 Å². The van der Waals surface area contributed by atoms with E-state index in [0.29, 0.717) is 12.6 Å². The molecule has 0 aliphatic carbocycles. The highest BCUT2D eigenvalue weighted by Crippen LogP contribution is 2.27. The van der Waals surface area contributed by atoms with E-state index < -0.39 is 0 Å². The minimum absolute atomic E-state index is 0.100. The number of benzene rings is 1. The maximum atomic E-state index is 6.15. The number of anilines is 1. The summed E-state index contributed by atoms with van der Waals surface area (Å²) < 4.78 is 5.20. The molecule has 0 amide bonds. The lowest BCUT2D eigenvalue weighted by atomic mass is 10.0. The molecule has 1 rings (SSSR count). The number of methoxy groups -OCH3 is 1. The maximum Gasteiger partial charge on any atom is 0.0663 e. The van der Waals surface area contributed by atoms with Crippen LogP contribution >= 0.6 is 0 Å². The SMILES string of the molecule is CC[C@@H](N)c1ccccc1N(C)C(C)COC. The summed E-state index contributed by atoms with van der Waals surface area (Å²) in [7, 11) is 3.82. The summed E-state index contributed by atoms with van der Waals surface area (Å²) in [4.78, 5) is 2.23. The first-order valence-electron chi connectivity index (χ1n) is 6.18. The fourth-order valence-electron chi connectivity index (χ4n) is 1.93. The molecule has 0 bridgehead atoms. The monoisotopic (exact) mass is 236 g/mol. The maximum absolute atomic E-state index is 6.15. The standard InChI is InChI=1S/C14H24N2O/c1-5-13(15)12-8-6-7-9-14(12)16(3)11(2)10-17-4/h6-9,11,13H,5,10,15H2,1-4H3/t11?,13-/m1/s1. The van der Waals surface area contributed by atoms with Crippen LogP contribution in [0.5, 0.6) is 0 Å². The Morgan fingerprint density at radius 1 is 1.35 bits per heavy atom. The van der Waals surface area contributed by atoms with Crippen molar-refractivity contribution in [1.29, 1.82) is 0 Å². The molecule has 0 heterocycles. The minimum Gasteiger partial charge on any atom is -0.383 e. The summed E-state index contributed by atoms with van der Waals surface area (Å²) in [5.74, 6) is 0. The van der Waals surface area contributed by atoms with Gasteiger partial charge in [0.15, 0.2) is 0 Å². The minimum atomic E-state index is 0.100. The Balaban J connectivity index is 2.96. The third-order valence-corrected chi connectivity index (χ3v) is 3.23. The molecule has 2 atom stereocenters. The van der Waals surface area contributed by atoms with Crippen molar-refractivity contribution in [1.82, 2.24) is 0 Å². The first-order chi connectivity index (χ1) is 8.11. The number of ether oxygens (including phenoxy) is 1. The lowest BCUT2D eigenvalue weighted by Crippen LogP contribution is -2.33. The van der Waals surface area contributed by atoms with Gasteiger partial charge in [0, 0.05) is 31.9 Å². The number of para-hydroxylation sites is 1. The average molecular weight is 236 g/mol. The topological polar surface area (TPSA) is 38.5 Å². The quantitative estimate of drug-likeness (QED) is 0.825. The smallest absolute Gasteiger partial charge is 0.0663 e. The molecule has 0 saturated carbocycles. The van der Waals surface area contributed by atoms with Crippen molar-refractivity contribution in [2.24, 2.45) is 5.73 Å². The van der Waals surface area contributed by atoms with Crippen molar-refractivity contribution in [2.75, 3.05) is 25.7 Å². The second-order valence-electron chi connectivity index (χ2n) is 4.49. The molecule has 17 heavy (non-hydrogen) atoms. The van der Waals surface area contributed by atoms with Crippen LogP contribution in [-0.4, -0.2) is 26.8 Å². The molecule has 0 saturated heterocycles. The van der Waals surface area contributed by atoms with Gasteiger partial charge in [-0.05, 0) is 25.0 Å². The number of nitrogens with two attached hydrogens (primary N) is 1. The third kappa shape index (κ3) is 3.45. The van der Waals surface area contributed by atoms with E-state index in [1.165, 1.54) is 11.3 Å². The van der Waals surface area contributed by atoms with Crippen molar-refractivity contribution in [2.45, 2.75) is 32.4 Å². The summed E-state index contributed by atoms with van der Waals surface area (Å²) in [6.45, 7) is 4.98. The Hall–Kier alpha value is -1.06. The molecular formula is C14H24N2O. The molecule has 3 nitrogen and oxygen atoms in total. The van der Waals surface area contributed by atoms with Gasteiger partial charge in [-0.15, -0.1) is 0 Å². The molecule has 0 fully saturated rings. The zero-order valence-corrected chi connectivity index (χ0v) is 11.3. The fraction of sp³-hybridized carbons (Fsp3) is 0.571. The van der Waals surface area contributed by atoms with Crippen LogP contribution in [0.25, 0.3) is 0 Å². The number of nitrogens with zero attached hydrogens (tertiary/aromatic N) is 1. The Kier molecular flexibility index (Phi) is 5.45. The van der Waals surface area contributed by atoms with Crippen molar-refractivity contribution in [3.63, 3.8) is 0 Å². The van der Waals surface area contributed by atoms with Gasteiger partial charge < -0.3 is 15.4 Å². The second-order valence-corrected chi connectivity index (χ2v) is 4.49. The Morgan fingerprint density at radius 3 is 2.59 bits per heavy atom. The van der Waals surface area contributed by atoms with Gasteiger partial charge in [-0.25, -0.2) is 0 Å². The Bertz CT molecular complexity index is 341. The molecule has 0 aliphatic heterocycles. The molecule has 0 radical (unpaired) electrons. The van der Waals surface area contributed by atoms with Crippen LogP contribution in [-0.2, 0) is 4.74 Å². The summed E-state index contributed by atoms with van der Waals surface area (Å²) in [6, 6.07) is 8.77. The lowest BCUT2D eigenvalue weighted by Gasteiger charge is -2.29. The predicted molar refractivity (Wildman–Crippen MR) is 73.4 cm³/mol. The number of rotatable bonds is 6. The molecule has 3 heteroatoms. The summed E-state index contributed by atoms with van der Waals surface area (Å²) in [6.07, 6.45) is 0.948. The highest BCUT2D eigenvalue weighted by Gasteiger charge is 2.15. The number of hydrogen-bond acceptors (Lipinski definition) is 3. The van der Waals surface area contributed by atoms with Gasteiger partial charge in [-0.1, -0.05) is 25.1 Å². The Morgan fingerprint density at radius 2 is 2.00 bits per heavy atom. The fourth-order valence-corrected chi connectivity index (χ4v) is 1.93. The van der Waals surface area contributed by atoms with E-state index in [2.05, 4.69) is 44.0 Å². The zero-order valence-electron chi connectivity index (χ0n) is 11.3. The predicted octanol–water partition coefficient (Wildman–Crippen LogP) is 2.57. The average Bonchev–Trinajstić information content (AvgIpc) is 2.37. The molecule has 1 aromatic carbocycles. The van der Waals surface area contributed by atoms with E-state index >= 15 is 0 Å². The molecule has 0 aromatic heterocycles. The molecule has 1 aromatic rings. The van der Waals surface area contributed by atoms with Gasteiger partial charge in [0.2, 0.25) is 0 Å². The molecule has 0 spiro atoms. The van der Waals surface area contributed by atoms with Crippen LogP contribution in [0.1, 0.15) is 31.9 Å². The van der Waals surface area contributed by atoms with Crippen LogP contribution < -0.4 is 10.6 Å². The summed E-state index contributed by atoms with van der Waals surface area (Å²) in [5, 5.41) is 0. The van der Waals surface area contributed by atoms with E-state index in [4.69, 9.17) is 10.5 Å². The number of likely N-dealkylation sites (N-methyl/N-ethyl adjacent to an activating group) is 1. The van der Waals surface area contributed by atoms with E-state index in [1.54, 1.807) is 7.11 Å². The van der Waals surface area contributed by atoms with Crippen LogP contribution in [0.15, 0.2) is 24.3 Å². The van der Waals surface area contributed by atoms with Crippen molar-refractivity contribution >= 4 is 5.69 Å². The summed E-state index contributed by atoms with van der Waals surface area (Å²) >= 11 is 0. The molecular weight excluding hydrogens is 212 g/mol. The number of hydrogen-bond donors (Lipinski definition) is 1. The summed E-state index contributed by atoms with van der Waals surface area (Å²) in [5.41, 5.74) is 8.56. The van der Waals surface area contributed by atoms with Gasteiger partial charge in [0.25, 0.3) is 0 Å². The van der Waals surface area contributed by atoms with Crippen LogP contribution in [0, 0.1) is 0 Å². The third-order valence-electron chi connectivity index (χ3n) is 3.23. The van der Waals surface area contributed by atoms with E-state index in [1.807, 2.05) is 6.07 Å². The lowest BCUT2D eigenvalue weighted by molar-refractivity contribution is 0.183. The van der Waals surface area contributed by atoms with Crippen LogP contribution in [0.3, 0.4) is 0 Å². The van der Waals surface area contributed by atoms with E-state index in [9.17, 15) is 0 Å². The molecule has 96 valence electrons. The van der Waals surface area contributed by atoms with Gasteiger partial charge in [-0.3, -0.25) is 0 Å². The van der Waals surface area contributed by atoms with Crippen LogP contribution in [0.2, 0.25) is 0 Å². The second kappa shape index (κ2) is 6.62. The largest absolute Gasteiger partial charge is 0.383 e. The van der Waals surface area contributed by atoms with Gasteiger partial charge in [-0.2, -0.15) is 0 Å². The first-order valence-corrected chi connectivity index (χ1v) is 6.18. The zero-order chi connectivity index (χ0) is 12.8. The highest BCUT2D eigenvalue weighted by molar-refractivity contribution is 5.55. The van der Waals surface area contributed by atoms with Crippen molar-refractivity contribution < 1.29 is 4.74 Å². The first kappa shape index (κ1) is 14.0. The van der Waals surface area contributed by atoms with Crippen LogP contribution in [0.4, 0.5) is 5.69 Å². The van der Waals surface area contributed by atoms with Gasteiger partial charge in [0.1, 0.15) is 0 Å². The normalized spacial score (nSPS) is 14.4. The van der Waals surface area contributed by atoms with Gasteiger partial charge in [0.05, 0.1) is 6.61 Å². The van der Waals surface area contributed by atoms with Gasteiger partial charge >= 0.3 is 0 Å². The molecule has 1 unspecified atom stereocenters. The van der Waals surface area contributed by atoms with Crippen molar-refractivity contribution in [3.8, 4) is 0 Å². The van der Waals surface area contributed by atoms with Crippen molar-refractivity contribution in [3.05, 3.63) is 29.8 Å².